The highest BCUT2D eigenvalue weighted by molar-refractivity contribution is 9.10. The number of hydrogen-bond donors (Lipinski definition) is 0. The zero-order chi connectivity index (χ0) is 11.3. The second-order valence-electron chi connectivity index (χ2n) is 2.76. The zero-order valence-electron chi connectivity index (χ0n) is 8.75. The molecule has 0 radical (unpaired) electrons. The highest BCUT2D eigenvalue weighted by Gasteiger charge is 2.11. The van der Waals surface area contributed by atoms with Crippen LogP contribution in [0.1, 0.15) is 5.56 Å². The number of ether oxygens (including phenoxy) is 3. The van der Waals surface area contributed by atoms with Gasteiger partial charge in [0.05, 0.1) is 11.6 Å². The van der Waals surface area contributed by atoms with Gasteiger partial charge in [-0.15, -0.1) is 0 Å². The summed E-state index contributed by atoms with van der Waals surface area (Å²) in [6.07, 6.45) is 1.74. The molecule has 0 amide bonds. The van der Waals surface area contributed by atoms with E-state index in [0.717, 1.165) is 10.0 Å². The van der Waals surface area contributed by atoms with Gasteiger partial charge >= 0.3 is 0 Å². The van der Waals surface area contributed by atoms with E-state index in [9.17, 15) is 0 Å². The minimum Gasteiger partial charge on any atom is -0.493 e. The van der Waals surface area contributed by atoms with Crippen molar-refractivity contribution in [2.75, 3.05) is 21.0 Å². The fourth-order valence-corrected chi connectivity index (χ4v) is 1.73. The van der Waals surface area contributed by atoms with Gasteiger partial charge < -0.3 is 14.2 Å². The fourth-order valence-electron chi connectivity index (χ4n) is 1.12. The molecule has 0 heterocycles. The van der Waals surface area contributed by atoms with Crippen LogP contribution in [0.15, 0.2) is 23.2 Å². The van der Waals surface area contributed by atoms with E-state index < -0.39 is 0 Å². The van der Waals surface area contributed by atoms with Crippen LogP contribution in [-0.4, -0.2) is 21.0 Å². The molecule has 0 bridgehead atoms. The molecular formula is C11H13BrO3. The summed E-state index contributed by atoms with van der Waals surface area (Å²) in [4.78, 5) is 0. The van der Waals surface area contributed by atoms with E-state index in [0.29, 0.717) is 11.5 Å². The summed E-state index contributed by atoms with van der Waals surface area (Å²) in [5.74, 6) is 1.28. The van der Waals surface area contributed by atoms with E-state index >= 15 is 0 Å². The quantitative estimate of drug-likeness (QED) is 0.771. The smallest absolute Gasteiger partial charge is 0.188 e. The van der Waals surface area contributed by atoms with Gasteiger partial charge in [-0.2, -0.15) is 0 Å². The maximum atomic E-state index is 5.41. The van der Waals surface area contributed by atoms with E-state index in [-0.39, 0.29) is 6.79 Å². The monoisotopic (exact) mass is 272 g/mol. The standard InChI is InChI=1S/C11H13BrO3/c1-4-8-5-6-9(14-3)11(10(8)12)15-7-13-2/h4-6H,1,7H2,2-3H3. The van der Waals surface area contributed by atoms with E-state index in [1.807, 2.05) is 12.1 Å². The molecule has 0 aliphatic carbocycles. The Hall–Kier alpha value is -1.00. The first kappa shape index (κ1) is 12.1. The Morgan fingerprint density at radius 2 is 2.13 bits per heavy atom. The molecule has 82 valence electrons. The van der Waals surface area contributed by atoms with Crippen molar-refractivity contribution in [1.29, 1.82) is 0 Å². The molecule has 0 saturated carbocycles. The second-order valence-corrected chi connectivity index (χ2v) is 3.55. The molecule has 0 unspecified atom stereocenters. The third-order valence-corrected chi connectivity index (χ3v) is 2.67. The average molecular weight is 273 g/mol. The Morgan fingerprint density at radius 1 is 1.40 bits per heavy atom. The van der Waals surface area contributed by atoms with Crippen LogP contribution in [0.4, 0.5) is 0 Å². The SMILES string of the molecule is C=Cc1ccc(OC)c(OCOC)c1Br. The van der Waals surface area contributed by atoms with Gasteiger partial charge in [-0.25, -0.2) is 0 Å². The first-order valence-electron chi connectivity index (χ1n) is 4.35. The third-order valence-electron chi connectivity index (χ3n) is 1.85. The maximum absolute atomic E-state index is 5.41. The fraction of sp³-hybridized carbons (Fsp3) is 0.273. The highest BCUT2D eigenvalue weighted by Crippen LogP contribution is 2.38. The molecule has 3 nitrogen and oxygen atoms in total. The minimum absolute atomic E-state index is 0.176. The van der Waals surface area contributed by atoms with Gasteiger partial charge in [0.2, 0.25) is 0 Å². The minimum atomic E-state index is 0.176. The molecule has 15 heavy (non-hydrogen) atoms. The summed E-state index contributed by atoms with van der Waals surface area (Å²) in [6, 6.07) is 3.72. The van der Waals surface area contributed by atoms with Crippen LogP contribution >= 0.6 is 15.9 Å². The molecule has 0 aliphatic heterocycles. The summed E-state index contributed by atoms with van der Waals surface area (Å²) < 4.78 is 16.2. The van der Waals surface area contributed by atoms with Crippen LogP contribution in [0.2, 0.25) is 0 Å². The summed E-state index contributed by atoms with van der Waals surface area (Å²) in [5.41, 5.74) is 0.946. The second kappa shape index (κ2) is 5.78. The Balaban J connectivity index is 3.10. The molecule has 1 aromatic rings. The zero-order valence-corrected chi connectivity index (χ0v) is 10.3. The number of rotatable bonds is 5. The van der Waals surface area contributed by atoms with Crippen LogP contribution < -0.4 is 9.47 Å². The van der Waals surface area contributed by atoms with Gasteiger partial charge in [0.1, 0.15) is 0 Å². The maximum Gasteiger partial charge on any atom is 0.188 e. The molecule has 0 saturated heterocycles. The molecule has 0 aliphatic rings. The molecular weight excluding hydrogens is 260 g/mol. The number of halogens is 1. The summed E-state index contributed by atoms with van der Waals surface area (Å²) in [7, 11) is 3.16. The van der Waals surface area contributed by atoms with Crippen molar-refractivity contribution in [2.45, 2.75) is 0 Å². The molecule has 0 fully saturated rings. The lowest BCUT2D eigenvalue weighted by Gasteiger charge is -2.13. The lowest BCUT2D eigenvalue weighted by atomic mass is 10.2. The normalized spacial score (nSPS) is 9.80. The van der Waals surface area contributed by atoms with Gasteiger partial charge in [0, 0.05) is 7.11 Å². The van der Waals surface area contributed by atoms with E-state index in [1.165, 1.54) is 0 Å². The summed E-state index contributed by atoms with van der Waals surface area (Å²) in [5, 5.41) is 0. The number of methoxy groups -OCH3 is 2. The first-order chi connectivity index (χ1) is 7.24. The Labute approximate surface area is 97.8 Å². The number of hydrogen-bond acceptors (Lipinski definition) is 3. The van der Waals surface area contributed by atoms with Crippen molar-refractivity contribution in [3.63, 3.8) is 0 Å². The molecule has 0 aromatic heterocycles. The van der Waals surface area contributed by atoms with E-state index in [4.69, 9.17) is 14.2 Å². The van der Waals surface area contributed by atoms with Gasteiger partial charge in [-0.05, 0) is 33.6 Å². The van der Waals surface area contributed by atoms with Gasteiger partial charge in [0.15, 0.2) is 18.3 Å². The Morgan fingerprint density at radius 3 is 2.67 bits per heavy atom. The molecule has 0 spiro atoms. The van der Waals surface area contributed by atoms with Crippen molar-refractivity contribution >= 4 is 22.0 Å². The van der Waals surface area contributed by atoms with Crippen molar-refractivity contribution < 1.29 is 14.2 Å². The molecule has 1 aromatic carbocycles. The van der Waals surface area contributed by atoms with Crippen LogP contribution in [0.5, 0.6) is 11.5 Å². The van der Waals surface area contributed by atoms with Crippen LogP contribution in [0, 0.1) is 0 Å². The highest BCUT2D eigenvalue weighted by atomic mass is 79.9. The summed E-state index contributed by atoms with van der Waals surface area (Å²) >= 11 is 3.43. The molecule has 0 N–H and O–H groups in total. The van der Waals surface area contributed by atoms with Gasteiger partial charge in [-0.1, -0.05) is 12.7 Å². The van der Waals surface area contributed by atoms with Crippen LogP contribution in [0.25, 0.3) is 6.08 Å². The molecule has 0 atom stereocenters. The van der Waals surface area contributed by atoms with Crippen LogP contribution in [-0.2, 0) is 4.74 Å². The average Bonchev–Trinajstić information content (AvgIpc) is 2.27. The number of benzene rings is 1. The summed E-state index contributed by atoms with van der Waals surface area (Å²) in [6.45, 7) is 3.89. The van der Waals surface area contributed by atoms with Gasteiger partial charge in [0.25, 0.3) is 0 Å². The lowest BCUT2D eigenvalue weighted by molar-refractivity contribution is 0.0486. The topological polar surface area (TPSA) is 27.7 Å². The Kier molecular flexibility index (Phi) is 4.65. The largest absolute Gasteiger partial charge is 0.493 e. The van der Waals surface area contributed by atoms with Crippen LogP contribution in [0.3, 0.4) is 0 Å². The lowest BCUT2D eigenvalue weighted by Crippen LogP contribution is -2.02. The van der Waals surface area contributed by atoms with Crippen molar-refractivity contribution in [3.8, 4) is 11.5 Å². The predicted molar refractivity (Wildman–Crippen MR) is 63.3 cm³/mol. The van der Waals surface area contributed by atoms with Crippen molar-refractivity contribution in [2.24, 2.45) is 0 Å². The van der Waals surface area contributed by atoms with E-state index in [2.05, 4.69) is 22.5 Å². The predicted octanol–water partition coefficient (Wildman–Crippen LogP) is 3.08. The van der Waals surface area contributed by atoms with E-state index in [1.54, 1.807) is 20.3 Å². The first-order valence-corrected chi connectivity index (χ1v) is 5.14. The molecule has 1 rings (SSSR count). The van der Waals surface area contributed by atoms with Crippen molar-refractivity contribution in [1.82, 2.24) is 0 Å². The Bertz CT molecular complexity index is 350. The van der Waals surface area contributed by atoms with Crippen molar-refractivity contribution in [3.05, 3.63) is 28.7 Å². The third kappa shape index (κ3) is 2.73. The van der Waals surface area contributed by atoms with Gasteiger partial charge in [-0.3, -0.25) is 0 Å². The molecule has 4 heteroatoms.